The van der Waals surface area contributed by atoms with Gasteiger partial charge in [0.05, 0.1) is 0 Å². The van der Waals surface area contributed by atoms with Crippen LogP contribution >= 0.6 is 11.8 Å². The van der Waals surface area contributed by atoms with E-state index < -0.39 is 0 Å². The second kappa shape index (κ2) is 5.66. The van der Waals surface area contributed by atoms with E-state index in [1.54, 1.807) is 11.8 Å². The van der Waals surface area contributed by atoms with Gasteiger partial charge >= 0.3 is 0 Å². The van der Waals surface area contributed by atoms with Gasteiger partial charge in [0.15, 0.2) is 0 Å². The molecule has 1 amide bonds. The van der Waals surface area contributed by atoms with Crippen molar-refractivity contribution in [1.82, 2.24) is 5.32 Å². The first-order valence-corrected chi connectivity index (χ1v) is 5.81. The fourth-order valence-corrected chi connectivity index (χ4v) is 2.00. The lowest BCUT2D eigenvalue weighted by Crippen LogP contribution is -2.22. The number of nitrogens with two attached hydrogens (primary N) is 1. The summed E-state index contributed by atoms with van der Waals surface area (Å²) in [7, 11) is 0. The van der Waals surface area contributed by atoms with Crippen LogP contribution in [0.25, 0.3) is 0 Å². The number of benzene rings is 1. The molecule has 0 atom stereocenters. The molecule has 0 unspecified atom stereocenters. The predicted molar refractivity (Wildman–Crippen MR) is 65.0 cm³/mol. The number of carbonyl (C=O) groups is 1. The fraction of sp³-hybridized carbons (Fsp3) is 0.364. The van der Waals surface area contributed by atoms with Gasteiger partial charge in [-0.25, -0.2) is 0 Å². The normalized spacial score (nSPS) is 10.0. The highest BCUT2D eigenvalue weighted by Gasteiger charge is 1.99. The summed E-state index contributed by atoms with van der Waals surface area (Å²) in [5.41, 5.74) is 7.83. The van der Waals surface area contributed by atoms with Crippen LogP contribution in [0.15, 0.2) is 23.1 Å². The summed E-state index contributed by atoms with van der Waals surface area (Å²) in [6.07, 6.45) is 0. The van der Waals surface area contributed by atoms with Crippen molar-refractivity contribution in [3.05, 3.63) is 23.8 Å². The molecule has 15 heavy (non-hydrogen) atoms. The minimum absolute atomic E-state index is 0.00692. The maximum absolute atomic E-state index is 10.6. The molecule has 0 spiro atoms. The first kappa shape index (κ1) is 11.9. The van der Waals surface area contributed by atoms with Crippen molar-refractivity contribution in [3.63, 3.8) is 0 Å². The molecular formula is C11H16N2OS. The molecule has 0 heterocycles. The zero-order chi connectivity index (χ0) is 11.3. The number of aryl methyl sites for hydroxylation is 1. The molecule has 0 aliphatic heterocycles. The summed E-state index contributed by atoms with van der Waals surface area (Å²) >= 11 is 1.66. The van der Waals surface area contributed by atoms with Crippen molar-refractivity contribution in [1.29, 1.82) is 0 Å². The Labute approximate surface area is 94.4 Å². The number of nitrogen functional groups attached to an aromatic ring is 1. The summed E-state index contributed by atoms with van der Waals surface area (Å²) in [6.45, 7) is 4.21. The van der Waals surface area contributed by atoms with E-state index in [1.165, 1.54) is 12.5 Å². The highest BCUT2D eigenvalue weighted by Crippen LogP contribution is 2.25. The fourth-order valence-electron chi connectivity index (χ4n) is 1.19. The smallest absolute Gasteiger partial charge is 0.216 e. The molecule has 0 saturated carbocycles. The molecular weight excluding hydrogens is 208 g/mol. The highest BCUT2D eigenvalue weighted by atomic mass is 32.2. The molecule has 0 saturated heterocycles. The minimum atomic E-state index is 0.00692. The van der Waals surface area contributed by atoms with E-state index in [0.29, 0.717) is 6.54 Å². The van der Waals surface area contributed by atoms with Crippen LogP contribution in [0, 0.1) is 6.92 Å². The second-order valence-corrected chi connectivity index (χ2v) is 4.51. The van der Waals surface area contributed by atoms with Gasteiger partial charge < -0.3 is 11.1 Å². The molecule has 3 nitrogen and oxygen atoms in total. The topological polar surface area (TPSA) is 55.1 Å². The summed E-state index contributed by atoms with van der Waals surface area (Å²) < 4.78 is 0. The van der Waals surface area contributed by atoms with Gasteiger partial charge in [-0.2, -0.15) is 0 Å². The number of rotatable bonds is 4. The third-order valence-corrected chi connectivity index (χ3v) is 2.99. The Hall–Kier alpha value is -1.16. The van der Waals surface area contributed by atoms with Crippen LogP contribution in [0.3, 0.4) is 0 Å². The first-order valence-electron chi connectivity index (χ1n) is 4.83. The Kier molecular flexibility index (Phi) is 4.49. The van der Waals surface area contributed by atoms with Gasteiger partial charge in [0.25, 0.3) is 0 Å². The third-order valence-electron chi connectivity index (χ3n) is 1.90. The Balaban J connectivity index is 2.40. The van der Waals surface area contributed by atoms with Gasteiger partial charge in [-0.3, -0.25) is 4.79 Å². The molecule has 1 rings (SSSR count). The van der Waals surface area contributed by atoms with Crippen LogP contribution < -0.4 is 11.1 Å². The molecule has 0 aromatic heterocycles. The van der Waals surface area contributed by atoms with E-state index in [9.17, 15) is 4.79 Å². The zero-order valence-corrected chi connectivity index (χ0v) is 9.86. The summed E-state index contributed by atoms with van der Waals surface area (Å²) in [5.74, 6) is 0.847. The van der Waals surface area contributed by atoms with Gasteiger partial charge in [-0.1, -0.05) is 6.07 Å². The summed E-state index contributed by atoms with van der Waals surface area (Å²) in [6, 6.07) is 6.01. The van der Waals surface area contributed by atoms with Crippen molar-refractivity contribution in [3.8, 4) is 0 Å². The molecule has 0 aliphatic carbocycles. The largest absolute Gasteiger partial charge is 0.398 e. The van der Waals surface area contributed by atoms with Crippen molar-refractivity contribution in [2.24, 2.45) is 0 Å². The molecule has 0 aliphatic rings. The van der Waals surface area contributed by atoms with Crippen molar-refractivity contribution < 1.29 is 4.79 Å². The van der Waals surface area contributed by atoms with Gasteiger partial charge in [0.2, 0.25) is 5.91 Å². The SMILES string of the molecule is CC(=O)NCCSc1ccc(C)cc1N. The van der Waals surface area contributed by atoms with Gasteiger partial charge in [-0.05, 0) is 24.6 Å². The molecule has 4 heteroatoms. The third kappa shape index (κ3) is 4.25. The summed E-state index contributed by atoms with van der Waals surface area (Å²) in [5, 5.41) is 2.75. The molecule has 0 radical (unpaired) electrons. The maximum Gasteiger partial charge on any atom is 0.216 e. The Morgan fingerprint density at radius 1 is 1.53 bits per heavy atom. The lowest BCUT2D eigenvalue weighted by Gasteiger charge is -2.06. The standard InChI is InChI=1S/C11H16N2OS/c1-8-3-4-11(10(12)7-8)15-6-5-13-9(2)14/h3-4,7H,5-6,12H2,1-2H3,(H,13,14). The molecule has 82 valence electrons. The quantitative estimate of drug-likeness (QED) is 0.466. The number of carbonyl (C=O) groups excluding carboxylic acids is 1. The van der Waals surface area contributed by atoms with Crippen LogP contribution in [0.1, 0.15) is 12.5 Å². The van der Waals surface area contributed by atoms with E-state index in [2.05, 4.69) is 5.32 Å². The lowest BCUT2D eigenvalue weighted by molar-refractivity contribution is -0.118. The second-order valence-electron chi connectivity index (χ2n) is 3.37. The van der Waals surface area contributed by atoms with Gasteiger partial charge in [0.1, 0.15) is 0 Å². The number of hydrogen-bond acceptors (Lipinski definition) is 3. The zero-order valence-electron chi connectivity index (χ0n) is 9.04. The van der Waals surface area contributed by atoms with E-state index in [0.717, 1.165) is 16.3 Å². The Morgan fingerprint density at radius 3 is 2.87 bits per heavy atom. The molecule has 0 fully saturated rings. The van der Waals surface area contributed by atoms with Crippen molar-refractivity contribution in [2.45, 2.75) is 18.7 Å². The van der Waals surface area contributed by atoms with Crippen LogP contribution in [0.4, 0.5) is 5.69 Å². The number of anilines is 1. The van der Waals surface area contributed by atoms with Crippen LogP contribution in [0.2, 0.25) is 0 Å². The Bertz CT molecular complexity index is 352. The Morgan fingerprint density at radius 2 is 2.27 bits per heavy atom. The lowest BCUT2D eigenvalue weighted by atomic mass is 10.2. The van der Waals surface area contributed by atoms with E-state index in [1.807, 2.05) is 25.1 Å². The predicted octanol–water partition coefficient (Wildman–Crippen LogP) is 1.81. The molecule has 0 bridgehead atoms. The monoisotopic (exact) mass is 224 g/mol. The molecule has 3 N–H and O–H groups in total. The van der Waals surface area contributed by atoms with Crippen molar-refractivity contribution in [2.75, 3.05) is 18.0 Å². The maximum atomic E-state index is 10.6. The van der Waals surface area contributed by atoms with Gasteiger partial charge in [-0.15, -0.1) is 11.8 Å². The molecule has 1 aromatic rings. The summed E-state index contributed by atoms with van der Waals surface area (Å²) in [4.78, 5) is 11.7. The van der Waals surface area contributed by atoms with E-state index in [-0.39, 0.29) is 5.91 Å². The average molecular weight is 224 g/mol. The number of hydrogen-bond donors (Lipinski definition) is 2. The van der Waals surface area contributed by atoms with Crippen LogP contribution in [0.5, 0.6) is 0 Å². The number of thioether (sulfide) groups is 1. The minimum Gasteiger partial charge on any atom is -0.398 e. The number of amides is 1. The van der Waals surface area contributed by atoms with Crippen LogP contribution in [-0.4, -0.2) is 18.2 Å². The highest BCUT2D eigenvalue weighted by molar-refractivity contribution is 7.99. The van der Waals surface area contributed by atoms with E-state index >= 15 is 0 Å². The van der Waals surface area contributed by atoms with E-state index in [4.69, 9.17) is 5.73 Å². The van der Waals surface area contributed by atoms with Crippen molar-refractivity contribution >= 4 is 23.4 Å². The first-order chi connectivity index (χ1) is 7.09. The van der Waals surface area contributed by atoms with Crippen LogP contribution in [-0.2, 0) is 4.79 Å². The average Bonchev–Trinajstić information content (AvgIpc) is 2.14. The number of nitrogens with one attached hydrogen (secondary N) is 1. The van der Waals surface area contributed by atoms with Gasteiger partial charge in [0, 0.05) is 29.8 Å². The molecule has 1 aromatic carbocycles.